The zero-order valence-electron chi connectivity index (χ0n) is 14.1. The number of carbonyl (C=O) groups excluding carboxylic acids is 1. The number of nitrogens with zero attached hydrogens (tertiary/aromatic N) is 4. The first-order valence-corrected chi connectivity index (χ1v) is 9.40. The smallest absolute Gasteiger partial charge is 0.358 e. The number of hydrogen-bond donors (Lipinski definition) is 0. The number of thiazole rings is 1. The molecule has 0 aliphatic carbocycles. The fraction of sp³-hybridized carbons (Fsp3) is 0.294. The van der Waals surface area contributed by atoms with Crippen LogP contribution in [-0.4, -0.2) is 25.9 Å². The van der Waals surface area contributed by atoms with Crippen LogP contribution in [0.1, 0.15) is 41.5 Å². The van der Waals surface area contributed by atoms with Crippen molar-refractivity contribution in [3.05, 3.63) is 51.2 Å². The summed E-state index contributed by atoms with van der Waals surface area (Å²) in [5.74, 6) is 0.0195. The second-order valence-electron chi connectivity index (χ2n) is 5.84. The van der Waals surface area contributed by atoms with Crippen LogP contribution in [0.3, 0.4) is 0 Å². The van der Waals surface area contributed by atoms with Gasteiger partial charge in [0.25, 0.3) is 0 Å². The van der Waals surface area contributed by atoms with Crippen LogP contribution in [0.4, 0.5) is 0 Å². The van der Waals surface area contributed by atoms with E-state index in [2.05, 4.69) is 57.2 Å². The summed E-state index contributed by atoms with van der Waals surface area (Å²) in [6, 6.07) is 8.24. The second-order valence-corrected chi connectivity index (χ2v) is 7.45. The van der Waals surface area contributed by atoms with Gasteiger partial charge in [-0.05, 0) is 27.4 Å². The number of carbonyl (C=O) groups is 1. The van der Waals surface area contributed by atoms with Crippen LogP contribution in [0.2, 0.25) is 0 Å². The first kappa shape index (κ1) is 17.8. The Kier molecular flexibility index (Phi) is 5.29. The summed E-state index contributed by atoms with van der Waals surface area (Å²) in [4.78, 5) is 16.6. The van der Waals surface area contributed by atoms with Gasteiger partial charge in [0.05, 0.1) is 0 Å². The van der Waals surface area contributed by atoms with Crippen molar-refractivity contribution in [2.24, 2.45) is 7.05 Å². The molecule has 2 heterocycles. The molecular weight excluding hydrogens is 404 g/mol. The molecule has 0 bridgehead atoms. The van der Waals surface area contributed by atoms with Gasteiger partial charge in [0.1, 0.15) is 17.3 Å². The quantitative estimate of drug-likeness (QED) is 0.578. The highest BCUT2D eigenvalue weighted by molar-refractivity contribution is 9.10. The Morgan fingerprint density at radius 1 is 1.32 bits per heavy atom. The maximum atomic E-state index is 12.2. The van der Waals surface area contributed by atoms with Gasteiger partial charge in [0, 0.05) is 18.0 Å². The number of hydrogen-bond acceptors (Lipinski definition) is 6. The van der Waals surface area contributed by atoms with Crippen LogP contribution in [0, 0.1) is 0 Å². The summed E-state index contributed by atoms with van der Waals surface area (Å²) >= 11 is 4.70. The SMILES string of the molecule is CC(C)c1ccc(-c2nc(C(=O)OCc3c(Br)nnn3C)cs2)cc1. The predicted molar refractivity (Wildman–Crippen MR) is 99.5 cm³/mol. The van der Waals surface area contributed by atoms with Crippen molar-refractivity contribution >= 4 is 33.2 Å². The van der Waals surface area contributed by atoms with Crippen molar-refractivity contribution in [1.29, 1.82) is 0 Å². The van der Waals surface area contributed by atoms with Gasteiger partial charge in [-0.25, -0.2) is 14.5 Å². The number of esters is 1. The van der Waals surface area contributed by atoms with Gasteiger partial charge in [0.2, 0.25) is 0 Å². The molecular formula is C17H17BrN4O2S. The Morgan fingerprint density at radius 3 is 2.64 bits per heavy atom. The summed E-state index contributed by atoms with van der Waals surface area (Å²) < 4.78 is 7.43. The van der Waals surface area contributed by atoms with E-state index in [9.17, 15) is 4.79 Å². The van der Waals surface area contributed by atoms with Gasteiger partial charge >= 0.3 is 5.97 Å². The van der Waals surface area contributed by atoms with Crippen LogP contribution in [0.25, 0.3) is 10.6 Å². The molecule has 0 spiro atoms. The number of ether oxygens (including phenoxy) is 1. The normalized spacial score (nSPS) is 11.1. The highest BCUT2D eigenvalue weighted by Crippen LogP contribution is 2.26. The number of rotatable bonds is 5. The minimum absolute atomic E-state index is 0.0822. The third-order valence-electron chi connectivity index (χ3n) is 3.77. The highest BCUT2D eigenvalue weighted by atomic mass is 79.9. The molecule has 0 fully saturated rings. The highest BCUT2D eigenvalue weighted by Gasteiger charge is 2.16. The minimum Gasteiger partial charge on any atom is -0.454 e. The van der Waals surface area contributed by atoms with E-state index in [0.29, 0.717) is 21.9 Å². The Morgan fingerprint density at radius 2 is 2.04 bits per heavy atom. The largest absolute Gasteiger partial charge is 0.454 e. The molecule has 0 saturated carbocycles. The maximum Gasteiger partial charge on any atom is 0.358 e. The van der Waals surface area contributed by atoms with E-state index in [1.807, 2.05) is 12.1 Å². The molecule has 0 aliphatic rings. The lowest BCUT2D eigenvalue weighted by Gasteiger charge is -2.05. The Bertz CT molecular complexity index is 867. The molecule has 0 N–H and O–H groups in total. The van der Waals surface area contributed by atoms with Crippen molar-refractivity contribution in [1.82, 2.24) is 20.0 Å². The van der Waals surface area contributed by atoms with Gasteiger partial charge in [-0.15, -0.1) is 16.4 Å². The van der Waals surface area contributed by atoms with Crippen LogP contribution >= 0.6 is 27.3 Å². The van der Waals surface area contributed by atoms with Crippen molar-refractivity contribution in [3.8, 4) is 10.6 Å². The monoisotopic (exact) mass is 420 g/mol. The van der Waals surface area contributed by atoms with Crippen LogP contribution in [0.5, 0.6) is 0 Å². The molecule has 25 heavy (non-hydrogen) atoms. The first-order chi connectivity index (χ1) is 12.0. The Labute approximate surface area is 158 Å². The lowest BCUT2D eigenvalue weighted by atomic mass is 10.0. The molecule has 8 heteroatoms. The van der Waals surface area contributed by atoms with E-state index in [1.165, 1.54) is 16.9 Å². The summed E-state index contributed by atoms with van der Waals surface area (Å²) in [6.07, 6.45) is 0. The van der Waals surface area contributed by atoms with E-state index in [0.717, 1.165) is 10.6 Å². The predicted octanol–water partition coefficient (Wildman–Crippen LogP) is 4.18. The number of benzene rings is 1. The van der Waals surface area contributed by atoms with Gasteiger partial charge in [-0.1, -0.05) is 43.3 Å². The van der Waals surface area contributed by atoms with E-state index in [-0.39, 0.29) is 6.61 Å². The molecule has 0 unspecified atom stereocenters. The van der Waals surface area contributed by atoms with Crippen LogP contribution < -0.4 is 0 Å². The summed E-state index contributed by atoms with van der Waals surface area (Å²) in [6.45, 7) is 4.39. The van der Waals surface area contributed by atoms with E-state index < -0.39 is 5.97 Å². The fourth-order valence-corrected chi connectivity index (χ4v) is 3.46. The fourth-order valence-electron chi connectivity index (χ4n) is 2.22. The van der Waals surface area contributed by atoms with Crippen LogP contribution in [0.15, 0.2) is 34.2 Å². The summed E-state index contributed by atoms with van der Waals surface area (Å²) in [5.41, 5.74) is 3.26. The molecule has 3 rings (SSSR count). The zero-order chi connectivity index (χ0) is 18.0. The van der Waals surface area contributed by atoms with Gasteiger partial charge in [-0.3, -0.25) is 0 Å². The van der Waals surface area contributed by atoms with Crippen molar-refractivity contribution < 1.29 is 9.53 Å². The average Bonchev–Trinajstić information content (AvgIpc) is 3.21. The Hall–Kier alpha value is -2.06. The lowest BCUT2D eigenvalue weighted by Crippen LogP contribution is -2.08. The van der Waals surface area contributed by atoms with Crippen molar-refractivity contribution in [3.63, 3.8) is 0 Å². The van der Waals surface area contributed by atoms with Crippen molar-refractivity contribution in [2.75, 3.05) is 0 Å². The third kappa shape index (κ3) is 3.96. The molecule has 130 valence electrons. The molecule has 0 amide bonds. The van der Waals surface area contributed by atoms with Crippen molar-refractivity contribution in [2.45, 2.75) is 26.4 Å². The third-order valence-corrected chi connectivity index (χ3v) is 5.28. The van der Waals surface area contributed by atoms with Gasteiger partial charge in [-0.2, -0.15) is 0 Å². The molecule has 0 atom stereocenters. The number of aryl methyl sites for hydroxylation is 1. The summed E-state index contributed by atoms with van der Waals surface area (Å²) in [7, 11) is 1.74. The molecule has 2 aromatic heterocycles. The topological polar surface area (TPSA) is 69.9 Å². The van der Waals surface area contributed by atoms with Gasteiger partial charge in [0.15, 0.2) is 10.3 Å². The van der Waals surface area contributed by atoms with Gasteiger partial charge < -0.3 is 4.74 Å². The van der Waals surface area contributed by atoms with E-state index in [4.69, 9.17) is 4.74 Å². The average molecular weight is 421 g/mol. The molecule has 0 aliphatic heterocycles. The standard InChI is InChI=1S/C17H17BrN4O2S/c1-10(2)11-4-6-12(7-5-11)16-19-13(9-25-16)17(23)24-8-14-15(18)20-21-22(14)3/h4-7,9-10H,8H2,1-3H3. The maximum absolute atomic E-state index is 12.2. The molecule has 0 saturated heterocycles. The Balaban J connectivity index is 1.69. The lowest BCUT2D eigenvalue weighted by molar-refractivity contribution is 0.0456. The van der Waals surface area contributed by atoms with E-state index in [1.54, 1.807) is 17.1 Å². The molecule has 3 aromatic rings. The molecule has 1 aromatic carbocycles. The minimum atomic E-state index is -0.464. The summed E-state index contributed by atoms with van der Waals surface area (Å²) in [5, 5.41) is 10.2. The molecule has 0 radical (unpaired) electrons. The number of aromatic nitrogens is 4. The van der Waals surface area contributed by atoms with Crippen LogP contribution in [-0.2, 0) is 18.4 Å². The zero-order valence-corrected chi connectivity index (χ0v) is 16.5. The molecule has 6 nitrogen and oxygen atoms in total. The number of halogens is 1. The first-order valence-electron chi connectivity index (χ1n) is 7.72. The second kappa shape index (κ2) is 7.45. The van der Waals surface area contributed by atoms with E-state index >= 15 is 0 Å².